The molecule has 6 heteroatoms. The lowest BCUT2D eigenvalue weighted by Crippen LogP contribution is -2.27. The standard InChI is InChI=1S/C15H17NO5/c1-9(2)20-10-3-4-11-12(15(19)16-5-6-17)8-14(18)21-13(11)7-10/h3-4,7-9,17H,5-6H2,1-2H3,(H,16,19). The first kappa shape index (κ1) is 15.1. The van der Waals surface area contributed by atoms with E-state index in [0.29, 0.717) is 11.1 Å². The molecular weight excluding hydrogens is 274 g/mol. The average Bonchev–Trinajstić information content (AvgIpc) is 2.42. The molecule has 0 saturated carbocycles. The lowest BCUT2D eigenvalue weighted by molar-refractivity contribution is 0.0945. The SMILES string of the molecule is CC(C)Oc1ccc2c(C(=O)NCCO)cc(=O)oc2c1. The molecule has 0 aliphatic carbocycles. The number of aliphatic hydroxyl groups excluding tert-OH is 1. The summed E-state index contributed by atoms with van der Waals surface area (Å²) >= 11 is 0. The topological polar surface area (TPSA) is 88.8 Å². The largest absolute Gasteiger partial charge is 0.491 e. The highest BCUT2D eigenvalue weighted by molar-refractivity contribution is 6.05. The van der Waals surface area contributed by atoms with Gasteiger partial charge in [0.05, 0.1) is 18.3 Å². The Labute approximate surface area is 121 Å². The Morgan fingerprint density at radius 3 is 2.81 bits per heavy atom. The smallest absolute Gasteiger partial charge is 0.337 e. The molecule has 0 aliphatic heterocycles. The predicted molar refractivity (Wildman–Crippen MR) is 77.7 cm³/mol. The third kappa shape index (κ3) is 3.61. The van der Waals surface area contributed by atoms with E-state index in [1.165, 1.54) is 0 Å². The fourth-order valence-corrected chi connectivity index (χ4v) is 1.94. The van der Waals surface area contributed by atoms with Gasteiger partial charge in [0.2, 0.25) is 0 Å². The molecule has 1 aromatic heterocycles. The summed E-state index contributed by atoms with van der Waals surface area (Å²) in [7, 11) is 0. The van der Waals surface area contributed by atoms with Crippen molar-refractivity contribution in [2.45, 2.75) is 20.0 Å². The quantitative estimate of drug-likeness (QED) is 0.811. The van der Waals surface area contributed by atoms with Gasteiger partial charge in [-0.1, -0.05) is 0 Å². The Hall–Kier alpha value is -2.34. The van der Waals surface area contributed by atoms with E-state index < -0.39 is 11.5 Å². The Morgan fingerprint density at radius 1 is 1.38 bits per heavy atom. The Balaban J connectivity index is 2.47. The number of benzene rings is 1. The number of hydrogen-bond donors (Lipinski definition) is 2. The first-order valence-electron chi connectivity index (χ1n) is 6.65. The fourth-order valence-electron chi connectivity index (χ4n) is 1.94. The number of hydrogen-bond acceptors (Lipinski definition) is 5. The number of nitrogens with one attached hydrogen (secondary N) is 1. The minimum absolute atomic E-state index is 0.00907. The number of aliphatic hydroxyl groups is 1. The first-order valence-corrected chi connectivity index (χ1v) is 6.65. The summed E-state index contributed by atoms with van der Waals surface area (Å²) in [6.45, 7) is 3.73. The Morgan fingerprint density at radius 2 is 2.14 bits per heavy atom. The molecule has 0 radical (unpaired) electrons. The highest BCUT2D eigenvalue weighted by Crippen LogP contribution is 2.23. The molecule has 0 unspecified atom stereocenters. The van der Waals surface area contributed by atoms with Crippen molar-refractivity contribution < 1.29 is 19.1 Å². The van der Waals surface area contributed by atoms with Crippen LogP contribution >= 0.6 is 0 Å². The predicted octanol–water partition coefficient (Wildman–Crippen LogP) is 1.30. The van der Waals surface area contributed by atoms with Gasteiger partial charge < -0.3 is 19.6 Å². The van der Waals surface area contributed by atoms with Gasteiger partial charge in [0.15, 0.2) is 0 Å². The van der Waals surface area contributed by atoms with Crippen LogP contribution in [-0.4, -0.2) is 30.3 Å². The van der Waals surface area contributed by atoms with Crippen LogP contribution in [0.5, 0.6) is 5.75 Å². The molecule has 0 spiro atoms. The minimum atomic E-state index is -0.613. The first-order chi connectivity index (χ1) is 10.0. The molecule has 2 aromatic rings. The molecule has 2 rings (SSSR count). The summed E-state index contributed by atoms with van der Waals surface area (Å²) in [5, 5.41) is 11.8. The van der Waals surface area contributed by atoms with Gasteiger partial charge in [-0.15, -0.1) is 0 Å². The lowest BCUT2D eigenvalue weighted by Gasteiger charge is -2.11. The highest BCUT2D eigenvalue weighted by Gasteiger charge is 2.13. The lowest BCUT2D eigenvalue weighted by atomic mass is 10.1. The number of amides is 1. The molecule has 1 aromatic carbocycles. The van der Waals surface area contributed by atoms with Crippen LogP contribution < -0.4 is 15.7 Å². The highest BCUT2D eigenvalue weighted by atomic mass is 16.5. The van der Waals surface area contributed by atoms with Crippen LogP contribution in [-0.2, 0) is 0 Å². The summed E-state index contributed by atoms with van der Waals surface area (Å²) < 4.78 is 10.6. The molecule has 2 N–H and O–H groups in total. The van der Waals surface area contributed by atoms with Gasteiger partial charge in [-0.2, -0.15) is 0 Å². The van der Waals surface area contributed by atoms with E-state index >= 15 is 0 Å². The van der Waals surface area contributed by atoms with E-state index in [-0.39, 0.29) is 30.4 Å². The summed E-state index contributed by atoms with van der Waals surface area (Å²) in [5.41, 5.74) is -0.112. The summed E-state index contributed by atoms with van der Waals surface area (Å²) in [5.74, 6) is 0.132. The van der Waals surface area contributed by atoms with Crippen molar-refractivity contribution in [1.82, 2.24) is 5.32 Å². The number of ether oxygens (including phenoxy) is 1. The zero-order chi connectivity index (χ0) is 15.4. The zero-order valence-electron chi connectivity index (χ0n) is 11.9. The summed E-state index contributed by atoms with van der Waals surface area (Å²) in [6, 6.07) is 6.10. The van der Waals surface area contributed by atoms with Crippen LogP contribution in [0.15, 0.2) is 33.5 Å². The van der Waals surface area contributed by atoms with Crippen LogP contribution in [0.25, 0.3) is 11.0 Å². The van der Waals surface area contributed by atoms with Gasteiger partial charge in [-0.05, 0) is 26.0 Å². The van der Waals surface area contributed by atoms with Gasteiger partial charge in [-0.3, -0.25) is 4.79 Å². The third-order valence-electron chi connectivity index (χ3n) is 2.73. The van der Waals surface area contributed by atoms with Crippen LogP contribution in [0.3, 0.4) is 0 Å². The summed E-state index contributed by atoms with van der Waals surface area (Å²) in [6.07, 6.45) is -0.00907. The normalized spacial score (nSPS) is 10.9. The van der Waals surface area contributed by atoms with Crippen molar-refractivity contribution in [3.05, 3.63) is 40.2 Å². The van der Waals surface area contributed by atoms with Crippen molar-refractivity contribution in [1.29, 1.82) is 0 Å². The number of fused-ring (bicyclic) bond motifs is 1. The zero-order valence-corrected chi connectivity index (χ0v) is 11.9. The van der Waals surface area contributed by atoms with E-state index in [0.717, 1.165) is 6.07 Å². The van der Waals surface area contributed by atoms with Gasteiger partial charge in [0.1, 0.15) is 11.3 Å². The van der Waals surface area contributed by atoms with Gasteiger partial charge in [-0.25, -0.2) is 4.79 Å². The maximum atomic E-state index is 12.0. The Kier molecular flexibility index (Phi) is 4.59. The molecule has 112 valence electrons. The molecule has 1 amide bonds. The molecule has 0 aliphatic rings. The molecule has 0 bridgehead atoms. The molecule has 6 nitrogen and oxygen atoms in total. The van der Waals surface area contributed by atoms with Gasteiger partial charge in [0.25, 0.3) is 5.91 Å². The van der Waals surface area contributed by atoms with Crippen molar-refractivity contribution in [2.75, 3.05) is 13.2 Å². The van der Waals surface area contributed by atoms with Crippen molar-refractivity contribution >= 4 is 16.9 Å². The molecule has 1 heterocycles. The second kappa shape index (κ2) is 6.41. The van der Waals surface area contributed by atoms with E-state index in [2.05, 4.69) is 5.32 Å². The van der Waals surface area contributed by atoms with Crippen LogP contribution in [0.1, 0.15) is 24.2 Å². The monoisotopic (exact) mass is 291 g/mol. The second-order valence-corrected chi connectivity index (χ2v) is 4.78. The van der Waals surface area contributed by atoms with Gasteiger partial charge >= 0.3 is 5.63 Å². The van der Waals surface area contributed by atoms with E-state index in [4.69, 9.17) is 14.3 Å². The number of carbonyl (C=O) groups excluding carboxylic acids is 1. The molecular formula is C15H17NO5. The van der Waals surface area contributed by atoms with E-state index in [1.54, 1.807) is 18.2 Å². The number of carbonyl (C=O) groups is 1. The third-order valence-corrected chi connectivity index (χ3v) is 2.73. The second-order valence-electron chi connectivity index (χ2n) is 4.78. The molecule has 0 atom stereocenters. The van der Waals surface area contributed by atoms with Crippen molar-refractivity contribution in [2.24, 2.45) is 0 Å². The summed E-state index contributed by atoms with van der Waals surface area (Å²) in [4.78, 5) is 23.6. The van der Waals surface area contributed by atoms with Crippen molar-refractivity contribution in [3.8, 4) is 5.75 Å². The number of rotatable bonds is 5. The van der Waals surface area contributed by atoms with E-state index in [9.17, 15) is 9.59 Å². The fraction of sp³-hybridized carbons (Fsp3) is 0.333. The molecule has 0 saturated heterocycles. The van der Waals surface area contributed by atoms with Crippen LogP contribution in [0.4, 0.5) is 0 Å². The Bertz CT molecular complexity index is 705. The molecule has 0 fully saturated rings. The van der Waals surface area contributed by atoms with Crippen LogP contribution in [0.2, 0.25) is 0 Å². The maximum Gasteiger partial charge on any atom is 0.337 e. The van der Waals surface area contributed by atoms with E-state index in [1.807, 2.05) is 13.8 Å². The van der Waals surface area contributed by atoms with Gasteiger partial charge in [0, 0.05) is 24.1 Å². The van der Waals surface area contributed by atoms with Crippen molar-refractivity contribution in [3.63, 3.8) is 0 Å². The van der Waals surface area contributed by atoms with Crippen LogP contribution in [0, 0.1) is 0 Å². The minimum Gasteiger partial charge on any atom is -0.491 e. The average molecular weight is 291 g/mol. The maximum absolute atomic E-state index is 12.0. The molecule has 21 heavy (non-hydrogen) atoms.